The monoisotopic (exact) mass is 233 g/mol. The summed E-state index contributed by atoms with van der Waals surface area (Å²) in [7, 11) is 0. The van der Waals surface area contributed by atoms with E-state index in [0.717, 1.165) is 0 Å². The molecule has 0 saturated heterocycles. The number of unbranched alkanes of at least 4 members (excludes halogenated alkanes) is 3. The summed E-state index contributed by atoms with van der Waals surface area (Å²) in [5.41, 5.74) is 1.19. The van der Waals surface area contributed by atoms with Crippen molar-refractivity contribution in [2.24, 2.45) is 16.2 Å². The first kappa shape index (κ1) is 19.9. The molecule has 0 fully saturated rings. The zero-order valence-corrected chi connectivity index (χ0v) is 14.0. The molecule has 0 aromatic heterocycles. The van der Waals surface area contributed by atoms with Crippen LogP contribution in [0.4, 0.5) is 0 Å². The summed E-state index contributed by atoms with van der Waals surface area (Å²) in [6.45, 7) is 19.2. The van der Waals surface area contributed by atoms with Crippen molar-refractivity contribution in [3.63, 3.8) is 0 Å². The zero-order valence-electron chi connectivity index (χ0n) is 14.0. The first-order valence-corrected chi connectivity index (χ1v) is 7.06. The summed E-state index contributed by atoms with van der Waals surface area (Å²) >= 11 is 0. The molecule has 0 amide bonds. The minimum absolute atomic E-state index is 0. The predicted molar refractivity (Wildman–Crippen MR) is 81.5 cm³/mol. The molecule has 0 aromatic carbocycles. The van der Waals surface area contributed by atoms with E-state index < -0.39 is 0 Å². The maximum absolute atomic E-state index is 2.45. The van der Waals surface area contributed by atoms with Crippen molar-refractivity contribution in [3.8, 4) is 0 Å². The molecule has 0 aromatic rings. The Balaban J connectivity index is 0. The van der Waals surface area contributed by atoms with Crippen LogP contribution < -0.4 is 0 Å². The predicted octanol–water partition coefficient (Wildman–Crippen LogP) is 5.67. The standard InChI is InChI=1S/C16H34.Li/c1-9-10-11-12-13-15(5,6)16(7,8)14(2,3)4;/h9-13H2,1-8H3;. The van der Waals surface area contributed by atoms with Crippen LogP contribution in [0.2, 0.25) is 0 Å². The molecule has 0 bridgehead atoms. The van der Waals surface area contributed by atoms with Gasteiger partial charge in [-0.05, 0) is 22.7 Å². The van der Waals surface area contributed by atoms with E-state index in [1.165, 1.54) is 32.1 Å². The average molecular weight is 233 g/mol. The van der Waals surface area contributed by atoms with E-state index in [9.17, 15) is 0 Å². The van der Waals surface area contributed by atoms with Gasteiger partial charge in [0, 0.05) is 18.9 Å². The minimum Gasteiger partial charge on any atom is -0.0654 e. The van der Waals surface area contributed by atoms with Crippen molar-refractivity contribution in [2.75, 3.05) is 0 Å². The van der Waals surface area contributed by atoms with Crippen LogP contribution in [0.1, 0.15) is 87.5 Å². The number of hydrogen-bond donors (Lipinski definition) is 0. The Hall–Kier alpha value is 0.597. The molecular formula is C16H34Li. The quantitative estimate of drug-likeness (QED) is 0.409. The summed E-state index contributed by atoms with van der Waals surface area (Å²) in [5.74, 6) is 0. The van der Waals surface area contributed by atoms with E-state index in [0.29, 0.717) is 16.2 Å². The number of rotatable bonds is 6. The molecule has 0 N–H and O–H groups in total. The van der Waals surface area contributed by atoms with E-state index in [2.05, 4.69) is 55.4 Å². The molecule has 99 valence electrons. The Morgan fingerprint density at radius 2 is 1.18 bits per heavy atom. The third-order valence-corrected chi connectivity index (χ3v) is 5.22. The Morgan fingerprint density at radius 3 is 1.53 bits per heavy atom. The van der Waals surface area contributed by atoms with Crippen molar-refractivity contribution in [3.05, 3.63) is 0 Å². The van der Waals surface area contributed by atoms with Gasteiger partial charge < -0.3 is 0 Å². The van der Waals surface area contributed by atoms with Gasteiger partial charge >= 0.3 is 0 Å². The summed E-state index contributed by atoms with van der Waals surface area (Å²) < 4.78 is 0. The molecule has 0 spiro atoms. The molecular weight excluding hydrogens is 199 g/mol. The SMILES string of the molecule is CCCCCCC(C)(C)C(C)(C)C(C)(C)C.[Li]. The van der Waals surface area contributed by atoms with Crippen LogP contribution >= 0.6 is 0 Å². The minimum atomic E-state index is 0. The summed E-state index contributed by atoms with van der Waals surface area (Å²) in [6, 6.07) is 0. The van der Waals surface area contributed by atoms with Crippen molar-refractivity contribution < 1.29 is 0 Å². The molecule has 1 heteroatoms. The second kappa shape index (κ2) is 7.25. The van der Waals surface area contributed by atoms with Crippen molar-refractivity contribution in [1.82, 2.24) is 0 Å². The van der Waals surface area contributed by atoms with Crippen molar-refractivity contribution in [2.45, 2.75) is 87.5 Å². The summed E-state index contributed by atoms with van der Waals surface area (Å²) in [4.78, 5) is 0. The molecule has 0 rings (SSSR count). The molecule has 0 aliphatic heterocycles. The molecule has 0 heterocycles. The fourth-order valence-corrected chi connectivity index (χ4v) is 2.32. The normalized spacial score (nSPS) is 13.4. The zero-order chi connectivity index (χ0) is 13.0. The van der Waals surface area contributed by atoms with Gasteiger partial charge in [0.25, 0.3) is 0 Å². The topological polar surface area (TPSA) is 0 Å². The first-order chi connectivity index (χ1) is 7.06. The smallest absolute Gasteiger partial charge is 0 e. The molecule has 0 saturated carbocycles. The second-order valence-electron chi connectivity index (χ2n) is 7.57. The van der Waals surface area contributed by atoms with Gasteiger partial charge in [-0.25, -0.2) is 0 Å². The van der Waals surface area contributed by atoms with Gasteiger partial charge in [0.1, 0.15) is 0 Å². The molecule has 1 radical (unpaired) electrons. The second-order valence-corrected chi connectivity index (χ2v) is 7.57. The molecule has 0 unspecified atom stereocenters. The Bertz CT molecular complexity index is 196. The van der Waals surface area contributed by atoms with Crippen LogP contribution in [-0.4, -0.2) is 18.9 Å². The van der Waals surface area contributed by atoms with Crippen LogP contribution in [0.5, 0.6) is 0 Å². The van der Waals surface area contributed by atoms with Gasteiger partial charge in [-0.2, -0.15) is 0 Å². The van der Waals surface area contributed by atoms with Crippen molar-refractivity contribution in [1.29, 1.82) is 0 Å². The van der Waals surface area contributed by atoms with Gasteiger partial charge in [-0.15, -0.1) is 0 Å². The maximum atomic E-state index is 2.45. The van der Waals surface area contributed by atoms with Crippen LogP contribution in [0.25, 0.3) is 0 Å². The largest absolute Gasteiger partial charge is 0.0654 e. The van der Waals surface area contributed by atoms with E-state index in [1.54, 1.807) is 0 Å². The Morgan fingerprint density at radius 1 is 0.706 bits per heavy atom. The van der Waals surface area contributed by atoms with Gasteiger partial charge in [0.05, 0.1) is 0 Å². The average Bonchev–Trinajstić information content (AvgIpc) is 2.10. The maximum Gasteiger partial charge on any atom is 0 e. The fourth-order valence-electron chi connectivity index (χ4n) is 2.32. The van der Waals surface area contributed by atoms with Crippen LogP contribution in [-0.2, 0) is 0 Å². The summed E-state index contributed by atoms with van der Waals surface area (Å²) in [5, 5.41) is 0. The fraction of sp³-hybridized carbons (Fsp3) is 1.00. The van der Waals surface area contributed by atoms with Crippen LogP contribution in [0.3, 0.4) is 0 Å². The molecule has 0 aliphatic carbocycles. The van der Waals surface area contributed by atoms with Gasteiger partial charge in [-0.1, -0.05) is 81.1 Å². The summed E-state index contributed by atoms with van der Waals surface area (Å²) in [6.07, 6.45) is 6.88. The Kier molecular flexibility index (Phi) is 8.50. The van der Waals surface area contributed by atoms with Gasteiger partial charge in [0.2, 0.25) is 0 Å². The van der Waals surface area contributed by atoms with Gasteiger partial charge in [0.15, 0.2) is 0 Å². The molecule has 0 nitrogen and oxygen atoms in total. The van der Waals surface area contributed by atoms with E-state index in [4.69, 9.17) is 0 Å². The van der Waals surface area contributed by atoms with Crippen molar-refractivity contribution >= 4 is 18.9 Å². The molecule has 17 heavy (non-hydrogen) atoms. The van der Waals surface area contributed by atoms with Crippen LogP contribution in [0.15, 0.2) is 0 Å². The van der Waals surface area contributed by atoms with E-state index >= 15 is 0 Å². The van der Waals surface area contributed by atoms with Crippen LogP contribution in [0, 0.1) is 16.2 Å². The van der Waals surface area contributed by atoms with E-state index in [-0.39, 0.29) is 18.9 Å². The number of hydrogen-bond acceptors (Lipinski definition) is 0. The third kappa shape index (κ3) is 5.40. The van der Waals surface area contributed by atoms with E-state index in [1.807, 2.05) is 0 Å². The molecule has 0 atom stereocenters. The van der Waals surface area contributed by atoms with Gasteiger partial charge in [-0.3, -0.25) is 0 Å². The third-order valence-electron chi connectivity index (χ3n) is 5.22. The molecule has 0 aliphatic rings. The Labute approximate surface area is 123 Å². The first-order valence-electron chi connectivity index (χ1n) is 7.06.